The van der Waals surface area contributed by atoms with Crippen LogP contribution in [0.3, 0.4) is 0 Å². The summed E-state index contributed by atoms with van der Waals surface area (Å²) in [5.41, 5.74) is 0.814. The van der Waals surface area contributed by atoms with Crippen LogP contribution in [0, 0.1) is 0 Å². The topological polar surface area (TPSA) is 40.5 Å². The van der Waals surface area contributed by atoms with Crippen LogP contribution in [0.4, 0.5) is 0 Å². The Hall–Kier alpha value is -0.770. The third-order valence-corrected chi connectivity index (χ3v) is 4.03. The second-order valence-corrected chi connectivity index (χ2v) is 5.33. The lowest BCUT2D eigenvalue weighted by Gasteiger charge is -2.33. The van der Waals surface area contributed by atoms with Crippen LogP contribution in [0.2, 0.25) is 10.0 Å². The van der Waals surface area contributed by atoms with Gasteiger partial charge in [0.05, 0.1) is 0 Å². The molecule has 5 heteroatoms. The largest absolute Gasteiger partial charge is 0.480 e. The first-order chi connectivity index (χ1) is 8.59. The lowest BCUT2D eigenvalue weighted by atomic mass is 10.0. The fourth-order valence-corrected chi connectivity index (χ4v) is 2.86. The van der Waals surface area contributed by atoms with Crippen molar-refractivity contribution in [1.82, 2.24) is 4.90 Å². The highest BCUT2D eigenvalue weighted by Crippen LogP contribution is 2.28. The molecule has 0 aromatic heterocycles. The molecule has 0 spiro atoms. The molecule has 1 fully saturated rings. The zero-order valence-corrected chi connectivity index (χ0v) is 11.4. The van der Waals surface area contributed by atoms with Crippen molar-refractivity contribution in [2.75, 3.05) is 6.54 Å². The van der Waals surface area contributed by atoms with Crippen LogP contribution in [0.1, 0.15) is 24.8 Å². The number of piperidine rings is 1. The molecule has 0 amide bonds. The Balaban J connectivity index is 2.18. The van der Waals surface area contributed by atoms with Crippen molar-refractivity contribution in [3.63, 3.8) is 0 Å². The van der Waals surface area contributed by atoms with Crippen LogP contribution in [0.15, 0.2) is 18.2 Å². The zero-order valence-electron chi connectivity index (χ0n) is 9.90. The highest BCUT2D eigenvalue weighted by molar-refractivity contribution is 6.35. The number of halogens is 2. The first-order valence-corrected chi connectivity index (χ1v) is 6.75. The highest BCUT2D eigenvalue weighted by atomic mass is 35.5. The summed E-state index contributed by atoms with van der Waals surface area (Å²) in [6, 6.07) is 4.93. The monoisotopic (exact) mass is 287 g/mol. The number of hydrogen-bond donors (Lipinski definition) is 1. The molecule has 98 valence electrons. The Morgan fingerprint density at radius 1 is 1.33 bits per heavy atom. The van der Waals surface area contributed by atoms with Gasteiger partial charge >= 0.3 is 5.97 Å². The maximum atomic E-state index is 11.2. The number of carbonyl (C=O) groups is 1. The Labute approximate surface area is 116 Å². The molecule has 18 heavy (non-hydrogen) atoms. The van der Waals surface area contributed by atoms with E-state index >= 15 is 0 Å². The van der Waals surface area contributed by atoms with Crippen LogP contribution in [0.25, 0.3) is 0 Å². The van der Waals surface area contributed by atoms with Gasteiger partial charge in [0.15, 0.2) is 0 Å². The number of hydrogen-bond acceptors (Lipinski definition) is 2. The predicted octanol–water partition coefficient (Wildman–Crippen LogP) is 3.43. The highest BCUT2D eigenvalue weighted by Gasteiger charge is 2.29. The molecule has 1 aliphatic heterocycles. The van der Waals surface area contributed by atoms with Gasteiger partial charge in [0.25, 0.3) is 0 Å². The molecular weight excluding hydrogens is 273 g/mol. The van der Waals surface area contributed by atoms with Crippen LogP contribution < -0.4 is 0 Å². The van der Waals surface area contributed by atoms with E-state index in [1.807, 2.05) is 4.90 Å². The van der Waals surface area contributed by atoms with E-state index < -0.39 is 12.0 Å². The summed E-state index contributed by atoms with van der Waals surface area (Å²) in [5, 5.41) is 10.4. The molecule has 1 N–H and O–H groups in total. The minimum absolute atomic E-state index is 0.425. The van der Waals surface area contributed by atoms with E-state index in [0.717, 1.165) is 24.9 Å². The summed E-state index contributed by atoms with van der Waals surface area (Å²) in [7, 11) is 0. The number of aliphatic carboxylic acids is 1. The van der Waals surface area contributed by atoms with Crippen molar-refractivity contribution in [2.45, 2.75) is 31.8 Å². The van der Waals surface area contributed by atoms with Gasteiger partial charge in [-0.05, 0) is 31.5 Å². The van der Waals surface area contributed by atoms with Gasteiger partial charge in [-0.25, -0.2) is 0 Å². The van der Waals surface area contributed by atoms with Gasteiger partial charge in [-0.15, -0.1) is 0 Å². The average Bonchev–Trinajstić information content (AvgIpc) is 2.34. The maximum absolute atomic E-state index is 11.2. The molecule has 3 nitrogen and oxygen atoms in total. The van der Waals surface area contributed by atoms with Gasteiger partial charge in [-0.3, -0.25) is 9.69 Å². The summed E-state index contributed by atoms with van der Waals surface area (Å²) in [6.45, 7) is 1.27. The van der Waals surface area contributed by atoms with Crippen molar-refractivity contribution >= 4 is 29.2 Å². The Bertz CT molecular complexity index is 430. The second-order valence-electron chi connectivity index (χ2n) is 4.52. The third-order valence-electron chi connectivity index (χ3n) is 3.32. The van der Waals surface area contributed by atoms with Gasteiger partial charge in [-0.2, -0.15) is 0 Å². The zero-order chi connectivity index (χ0) is 13.1. The van der Waals surface area contributed by atoms with Crippen molar-refractivity contribution in [1.29, 1.82) is 0 Å². The molecule has 2 rings (SSSR count). The summed E-state index contributed by atoms with van der Waals surface area (Å²) in [4.78, 5) is 13.2. The Morgan fingerprint density at radius 2 is 2.00 bits per heavy atom. The normalized spacial score (nSPS) is 20.9. The summed E-state index contributed by atoms with van der Waals surface area (Å²) >= 11 is 12.2. The quantitative estimate of drug-likeness (QED) is 0.926. The Morgan fingerprint density at radius 3 is 2.61 bits per heavy atom. The van der Waals surface area contributed by atoms with Crippen molar-refractivity contribution in [3.05, 3.63) is 33.8 Å². The van der Waals surface area contributed by atoms with E-state index in [4.69, 9.17) is 23.2 Å². The molecule has 1 aliphatic rings. The molecule has 1 saturated heterocycles. The molecule has 1 aromatic rings. The average molecular weight is 288 g/mol. The van der Waals surface area contributed by atoms with Gasteiger partial charge in [0.2, 0.25) is 0 Å². The molecule has 0 aliphatic carbocycles. The molecule has 0 saturated carbocycles. The van der Waals surface area contributed by atoms with Crippen molar-refractivity contribution < 1.29 is 9.90 Å². The lowest BCUT2D eigenvalue weighted by Crippen LogP contribution is -2.44. The van der Waals surface area contributed by atoms with E-state index in [9.17, 15) is 9.90 Å². The van der Waals surface area contributed by atoms with Crippen LogP contribution in [0.5, 0.6) is 0 Å². The third kappa shape index (κ3) is 2.97. The van der Waals surface area contributed by atoms with E-state index in [2.05, 4.69) is 0 Å². The van der Waals surface area contributed by atoms with Crippen molar-refractivity contribution in [3.8, 4) is 0 Å². The second kappa shape index (κ2) is 5.91. The van der Waals surface area contributed by atoms with Gasteiger partial charge in [0, 0.05) is 22.2 Å². The fourth-order valence-electron chi connectivity index (χ4n) is 2.35. The van der Waals surface area contributed by atoms with Crippen molar-refractivity contribution in [2.24, 2.45) is 0 Å². The molecular formula is C13H15Cl2NO2. The maximum Gasteiger partial charge on any atom is 0.320 e. The molecule has 1 aromatic carbocycles. The number of carboxylic acids is 1. The van der Waals surface area contributed by atoms with Crippen LogP contribution >= 0.6 is 23.2 Å². The smallest absolute Gasteiger partial charge is 0.320 e. The van der Waals surface area contributed by atoms with E-state index in [1.54, 1.807) is 18.2 Å². The lowest BCUT2D eigenvalue weighted by molar-refractivity contribution is -0.144. The summed E-state index contributed by atoms with van der Waals surface area (Å²) in [6.07, 6.45) is 2.67. The first kappa shape index (κ1) is 13.7. The number of benzene rings is 1. The summed E-state index contributed by atoms with van der Waals surface area (Å²) < 4.78 is 0. The number of carboxylic acid groups (broad SMARTS) is 1. The molecule has 0 bridgehead atoms. The van der Waals surface area contributed by atoms with E-state index in [0.29, 0.717) is 23.0 Å². The summed E-state index contributed by atoms with van der Waals surface area (Å²) in [5.74, 6) is -0.766. The fraction of sp³-hybridized carbons (Fsp3) is 0.462. The van der Waals surface area contributed by atoms with Gasteiger partial charge in [0.1, 0.15) is 6.04 Å². The Kier molecular flexibility index (Phi) is 4.49. The number of likely N-dealkylation sites (tertiary alicyclic amines) is 1. The van der Waals surface area contributed by atoms with E-state index in [1.165, 1.54) is 0 Å². The van der Waals surface area contributed by atoms with Crippen LogP contribution in [-0.4, -0.2) is 28.6 Å². The first-order valence-electron chi connectivity index (χ1n) is 5.99. The molecule has 0 radical (unpaired) electrons. The molecule has 0 unspecified atom stereocenters. The van der Waals surface area contributed by atoms with Gasteiger partial charge in [-0.1, -0.05) is 35.7 Å². The molecule has 1 atom stereocenters. The van der Waals surface area contributed by atoms with E-state index in [-0.39, 0.29) is 0 Å². The number of rotatable bonds is 3. The number of nitrogens with zero attached hydrogens (tertiary/aromatic N) is 1. The minimum Gasteiger partial charge on any atom is -0.480 e. The standard InChI is InChI=1S/C13H15Cl2NO2/c14-10-4-3-5-11(15)9(10)8-16-7-2-1-6-12(16)13(17)18/h3-5,12H,1-2,6-8H2,(H,17,18)/t12-/m0/s1. The minimum atomic E-state index is -0.766. The molecule has 1 heterocycles. The predicted molar refractivity (Wildman–Crippen MR) is 72.1 cm³/mol. The SMILES string of the molecule is O=C(O)[C@@H]1CCCCN1Cc1c(Cl)cccc1Cl. The van der Waals surface area contributed by atoms with Crippen LogP contribution in [-0.2, 0) is 11.3 Å². The van der Waals surface area contributed by atoms with Gasteiger partial charge < -0.3 is 5.11 Å².